The number of ether oxygens (including phenoxy) is 2. The van der Waals surface area contributed by atoms with Crippen LogP contribution in [0.15, 0.2) is 18.2 Å². The van der Waals surface area contributed by atoms with E-state index in [1.165, 1.54) is 32.1 Å². The predicted octanol–water partition coefficient (Wildman–Crippen LogP) is 5.34. The molecular formula is C16H25ClO2. The lowest BCUT2D eigenvalue weighted by Gasteiger charge is -2.15. The zero-order valence-corrected chi connectivity index (χ0v) is 13.0. The fourth-order valence-corrected chi connectivity index (χ4v) is 2.49. The Bertz CT molecular complexity index is 366. The van der Waals surface area contributed by atoms with Crippen LogP contribution in [-0.2, 0) is 0 Å². The van der Waals surface area contributed by atoms with Gasteiger partial charge in [0.15, 0.2) is 0 Å². The molecule has 0 radical (unpaired) electrons. The SMILES string of the molecule is CCCCCCCC(Cl)c1ccc(OC)cc1OC. The van der Waals surface area contributed by atoms with Gasteiger partial charge >= 0.3 is 0 Å². The van der Waals surface area contributed by atoms with E-state index in [1.54, 1.807) is 14.2 Å². The summed E-state index contributed by atoms with van der Waals surface area (Å²) in [6, 6.07) is 5.83. The molecule has 0 aliphatic carbocycles. The Kier molecular flexibility index (Phi) is 7.73. The van der Waals surface area contributed by atoms with Crippen LogP contribution in [-0.4, -0.2) is 14.2 Å². The van der Waals surface area contributed by atoms with Crippen molar-refractivity contribution in [2.75, 3.05) is 14.2 Å². The number of unbranched alkanes of at least 4 members (excludes halogenated alkanes) is 4. The van der Waals surface area contributed by atoms with Crippen molar-refractivity contribution in [3.63, 3.8) is 0 Å². The van der Waals surface area contributed by atoms with E-state index in [0.29, 0.717) is 0 Å². The fraction of sp³-hybridized carbons (Fsp3) is 0.625. The Morgan fingerprint density at radius 3 is 2.42 bits per heavy atom. The highest BCUT2D eigenvalue weighted by molar-refractivity contribution is 6.21. The predicted molar refractivity (Wildman–Crippen MR) is 81.5 cm³/mol. The van der Waals surface area contributed by atoms with E-state index in [4.69, 9.17) is 21.1 Å². The monoisotopic (exact) mass is 284 g/mol. The molecule has 0 aliphatic heterocycles. The van der Waals surface area contributed by atoms with Gasteiger partial charge in [-0.05, 0) is 12.5 Å². The molecule has 0 spiro atoms. The Morgan fingerprint density at radius 1 is 1.05 bits per heavy atom. The van der Waals surface area contributed by atoms with Gasteiger partial charge in [0.25, 0.3) is 0 Å². The molecule has 108 valence electrons. The van der Waals surface area contributed by atoms with Crippen molar-refractivity contribution in [3.05, 3.63) is 23.8 Å². The molecule has 1 aromatic carbocycles. The molecule has 0 bridgehead atoms. The van der Waals surface area contributed by atoms with Crippen LogP contribution in [0.2, 0.25) is 0 Å². The van der Waals surface area contributed by atoms with Crippen molar-refractivity contribution < 1.29 is 9.47 Å². The smallest absolute Gasteiger partial charge is 0.127 e. The molecule has 0 aliphatic rings. The highest BCUT2D eigenvalue weighted by Crippen LogP contribution is 2.35. The molecule has 0 heterocycles. The van der Waals surface area contributed by atoms with E-state index >= 15 is 0 Å². The summed E-state index contributed by atoms with van der Waals surface area (Å²) in [5, 5.41) is 0.0162. The van der Waals surface area contributed by atoms with E-state index in [1.807, 2.05) is 18.2 Å². The minimum Gasteiger partial charge on any atom is -0.497 e. The van der Waals surface area contributed by atoms with E-state index in [0.717, 1.165) is 23.5 Å². The van der Waals surface area contributed by atoms with Crippen LogP contribution in [0.25, 0.3) is 0 Å². The molecule has 3 heteroatoms. The first-order valence-corrected chi connectivity index (χ1v) is 7.52. The summed E-state index contributed by atoms with van der Waals surface area (Å²) >= 11 is 6.48. The maximum absolute atomic E-state index is 6.48. The van der Waals surface area contributed by atoms with Crippen molar-refractivity contribution in [1.29, 1.82) is 0 Å². The summed E-state index contributed by atoms with van der Waals surface area (Å²) < 4.78 is 10.6. The Morgan fingerprint density at radius 2 is 1.79 bits per heavy atom. The molecule has 1 unspecified atom stereocenters. The van der Waals surface area contributed by atoms with E-state index in [-0.39, 0.29) is 5.38 Å². The van der Waals surface area contributed by atoms with Gasteiger partial charge in [0.2, 0.25) is 0 Å². The van der Waals surface area contributed by atoms with E-state index in [2.05, 4.69) is 6.92 Å². The lowest BCUT2D eigenvalue weighted by Crippen LogP contribution is -1.97. The molecule has 0 fully saturated rings. The molecule has 0 saturated heterocycles. The van der Waals surface area contributed by atoms with Gasteiger partial charge in [0, 0.05) is 11.6 Å². The second-order valence-corrected chi connectivity index (χ2v) is 5.31. The second kappa shape index (κ2) is 9.08. The third-order valence-electron chi connectivity index (χ3n) is 3.34. The second-order valence-electron chi connectivity index (χ2n) is 4.78. The van der Waals surface area contributed by atoms with Crippen LogP contribution in [0.4, 0.5) is 0 Å². The molecule has 0 aromatic heterocycles. The molecule has 0 amide bonds. The topological polar surface area (TPSA) is 18.5 Å². The molecule has 19 heavy (non-hydrogen) atoms. The van der Waals surface area contributed by atoms with Crippen LogP contribution >= 0.6 is 11.6 Å². The first-order chi connectivity index (χ1) is 9.22. The number of alkyl halides is 1. The van der Waals surface area contributed by atoms with Crippen molar-refractivity contribution in [2.24, 2.45) is 0 Å². The van der Waals surface area contributed by atoms with Gasteiger partial charge in [-0.15, -0.1) is 11.6 Å². The number of halogens is 1. The van der Waals surface area contributed by atoms with Gasteiger partial charge < -0.3 is 9.47 Å². The highest BCUT2D eigenvalue weighted by atomic mass is 35.5. The maximum Gasteiger partial charge on any atom is 0.127 e. The molecule has 1 atom stereocenters. The third-order valence-corrected chi connectivity index (χ3v) is 3.79. The Balaban J connectivity index is 2.53. The van der Waals surface area contributed by atoms with Crippen LogP contribution in [0, 0.1) is 0 Å². The molecule has 0 saturated carbocycles. The summed E-state index contributed by atoms with van der Waals surface area (Å²) in [4.78, 5) is 0. The lowest BCUT2D eigenvalue weighted by atomic mass is 10.0. The average molecular weight is 285 g/mol. The zero-order valence-electron chi connectivity index (χ0n) is 12.2. The summed E-state index contributed by atoms with van der Waals surface area (Å²) in [7, 11) is 3.32. The quantitative estimate of drug-likeness (QED) is 0.450. The van der Waals surface area contributed by atoms with E-state index < -0.39 is 0 Å². The van der Waals surface area contributed by atoms with Crippen LogP contribution in [0.5, 0.6) is 11.5 Å². The maximum atomic E-state index is 6.48. The van der Waals surface area contributed by atoms with Crippen molar-refractivity contribution in [1.82, 2.24) is 0 Å². The summed E-state index contributed by atoms with van der Waals surface area (Å²) in [6.45, 7) is 2.23. The first kappa shape index (κ1) is 16.2. The normalized spacial score (nSPS) is 12.2. The number of hydrogen-bond acceptors (Lipinski definition) is 2. The zero-order chi connectivity index (χ0) is 14.1. The average Bonchev–Trinajstić information content (AvgIpc) is 2.46. The lowest BCUT2D eigenvalue weighted by molar-refractivity contribution is 0.390. The van der Waals surface area contributed by atoms with Crippen LogP contribution in [0.1, 0.15) is 56.4 Å². The Hall–Kier alpha value is -0.890. The van der Waals surface area contributed by atoms with Gasteiger partial charge in [-0.25, -0.2) is 0 Å². The minimum atomic E-state index is 0.0162. The van der Waals surface area contributed by atoms with Gasteiger partial charge in [0.1, 0.15) is 11.5 Å². The van der Waals surface area contributed by atoms with Gasteiger partial charge in [0.05, 0.1) is 19.6 Å². The Labute approximate surface area is 122 Å². The summed E-state index contributed by atoms with van der Waals surface area (Å²) in [5.41, 5.74) is 1.06. The first-order valence-electron chi connectivity index (χ1n) is 7.09. The number of benzene rings is 1. The van der Waals surface area contributed by atoms with Crippen molar-refractivity contribution in [3.8, 4) is 11.5 Å². The highest BCUT2D eigenvalue weighted by Gasteiger charge is 2.14. The molecule has 0 N–H and O–H groups in total. The summed E-state index contributed by atoms with van der Waals surface area (Å²) in [6.07, 6.45) is 7.32. The van der Waals surface area contributed by atoms with Crippen LogP contribution < -0.4 is 9.47 Å². The van der Waals surface area contributed by atoms with E-state index in [9.17, 15) is 0 Å². The molecule has 2 nitrogen and oxygen atoms in total. The van der Waals surface area contributed by atoms with Gasteiger partial charge in [-0.1, -0.05) is 45.1 Å². The molecule has 1 aromatic rings. The van der Waals surface area contributed by atoms with Gasteiger partial charge in [-0.3, -0.25) is 0 Å². The summed E-state index contributed by atoms with van der Waals surface area (Å²) in [5.74, 6) is 1.61. The van der Waals surface area contributed by atoms with Crippen LogP contribution in [0.3, 0.4) is 0 Å². The standard InChI is InChI=1S/C16H25ClO2/c1-4-5-6-7-8-9-15(17)14-11-10-13(18-2)12-16(14)19-3/h10-12,15H,4-9H2,1-3H3. The number of methoxy groups -OCH3 is 2. The van der Waals surface area contributed by atoms with Crippen molar-refractivity contribution in [2.45, 2.75) is 50.8 Å². The number of hydrogen-bond donors (Lipinski definition) is 0. The van der Waals surface area contributed by atoms with Gasteiger partial charge in [-0.2, -0.15) is 0 Å². The minimum absolute atomic E-state index is 0.0162. The molecule has 1 rings (SSSR count). The third kappa shape index (κ3) is 5.32. The number of rotatable bonds is 9. The fourth-order valence-electron chi connectivity index (χ4n) is 2.16. The van der Waals surface area contributed by atoms with Crippen molar-refractivity contribution >= 4 is 11.6 Å². The largest absolute Gasteiger partial charge is 0.497 e. The molecular weight excluding hydrogens is 260 g/mol.